The number of para-hydroxylation sites is 1. The van der Waals surface area contributed by atoms with E-state index in [1.165, 1.54) is 18.0 Å². The third-order valence-electron chi connectivity index (χ3n) is 3.71. The van der Waals surface area contributed by atoms with Gasteiger partial charge in [-0.15, -0.1) is 0 Å². The molecule has 2 aromatic rings. The molecule has 1 aromatic heterocycles. The highest BCUT2D eigenvalue weighted by molar-refractivity contribution is 7.98. The van der Waals surface area contributed by atoms with E-state index in [1.807, 2.05) is 36.6 Å². The van der Waals surface area contributed by atoms with Gasteiger partial charge < -0.3 is 10.1 Å². The lowest BCUT2D eigenvalue weighted by Gasteiger charge is -2.14. The number of hydrogen-bond acceptors (Lipinski definition) is 5. The fourth-order valence-electron chi connectivity index (χ4n) is 2.27. The normalized spacial score (nSPS) is 14.9. The van der Waals surface area contributed by atoms with Gasteiger partial charge in [-0.25, -0.2) is 9.78 Å². The van der Waals surface area contributed by atoms with Crippen molar-refractivity contribution in [2.75, 3.05) is 6.26 Å². The fourth-order valence-corrected chi connectivity index (χ4v) is 2.81. The van der Waals surface area contributed by atoms with E-state index in [1.54, 1.807) is 11.5 Å². The molecule has 0 bridgehead atoms. The number of nitrogens with one attached hydrogen (secondary N) is 1. The molecule has 7 heteroatoms. The number of carbonyl (C=O) groups is 2. The number of imidazole rings is 1. The largest absolute Gasteiger partial charge is 0.448 e. The number of rotatable bonds is 6. The van der Waals surface area contributed by atoms with Crippen molar-refractivity contribution in [3.63, 3.8) is 0 Å². The smallest absolute Gasteiger partial charge is 0.357 e. The maximum atomic E-state index is 12.5. The summed E-state index contributed by atoms with van der Waals surface area (Å²) >= 11 is 1.44. The molecule has 1 saturated carbocycles. The molecule has 0 spiro atoms. The van der Waals surface area contributed by atoms with Crippen molar-refractivity contribution >= 4 is 23.6 Å². The summed E-state index contributed by atoms with van der Waals surface area (Å²) in [6.45, 7) is 1.58. The Labute approximate surface area is 144 Å². The summed E-state index contributed by atoms with van der Waals surface area (Å²) in [4.78, 5) is 28.7. The number of hydrogen-bond donors (Lipinski definition) is 1. The number of carbonyl (C=O) groups excluding carboxylic acids is 2. The molecule has 1 aliphatic carbocycles. The number of aromatic nitrogens is 2. The van der Waals surface area contributed by atoms with Crippen LogP contribution in [-0.4, -0.2) is 39.8 Å². The molecule has 126 valence electrons. The van der Waals surface area contributed by atoms with Crippen LogP contribution in [0, 0.1) is 0 Å². The van der Waals surface area contributed by atoms with E-state index in [-0.39, 0.29) is 11.9 Å². The van der Waals surface area contributed by atoms with Gasteiger partial charge in [0.25, 0.3) is 5.91 Å². The Morgan fingerprint density at radius 1 is 1.33 bits per heavy atom. The molecule has 0 radical (unpaired) electrons. The van der Waals surface area contributed by atoms with Crippen LogP contribution in [0.15, 0.2) is 41.7 Å². The first-order valence-corrected chi connectivity index (χ1v) is 9.01. The SMILES string of the molecule is CSc1ncc(C(=O)O[C@H](C)C(=O)NC2CC2)n1-c1ccccc1. The molecule has 1 aromatic carbocycles. The van der Waals surface area contributed by atoms with Crippen LogP contribution in [0.4, 0.5) is 0 Å². The predicted octanol–water partition coefficient (Wildman–Crippen LogP) is 2.42. The average molecular weight is 345 g/mol. The minimum absolute atomic E-state index is 0.233. The van der Waals surface area contributed by atoms with Gasteiger partial charge in [0.05, 0.1) is 6.20 Å². The van der Waals surface area contributed by atoms with Crippen molar-refractivity contribution in [3.05, 3.63) is 42.2 Å². The first kappa shape index (κ1) is 16.6. The Bertz CT molecular complexity index is 741. The zero-order valence-corrected chi connectivity index (χ0v) is 14.4. The lowest BCUT2D eigenvalue weighted by molar-refractivity contribution is -0.129. The van der Waals surface area contributed by atoms with Gasteiger partial charge in [-0.2, -0.15) is 0 Å². The number of benzene rings is 1. The van der Waals surface area contributed by atoms with E-state index in [0.717, 1.165) is 18.5 Å². The minimum atomic E-state index is -0.838. The molecular weight excluding hydrogens is 326 g/mol. The molecule has 1 N–H and O–H groups in total. The molecule has 0 saturated heterocycles. The third kappa shape index (κ3) is 3.62. The van der Waals surface area contributed by atoms with E-state index in [2.05, 4.69) is 10.3 Å². The first-order chi connectivity index (χ1) is 11.6. The maximum absolute atomic E-state index is 12.5. The van der Waals surface area contributed by atoms with Gasteiger partial charge >= 0.3 is 5.97 Å². The van der Waals surface area contributed by atoms with Crippen LogP contribution in [0.25, 0.3) is 5.69 Å². The molecule has 3 rings (SSSR count). The second-order valence-electron chi connectivity index (χ2n) is 5.63. The third-order valence-corrected chi connectivity index (χ3v) is 4.37. The fraction of sp³-hybridized carbons (Fsp3) is 0.353. The van der Waals surface area contributed by atoms with Crippen LogP contribution in [0.3, 0.4) is 0 Å². The van der Waals surface area contributed by atoms with Crippen molar-refractivity contribution < 1.29 is 14.3 Å². The Morgan fingerprint density at radius 3 is 2.67 bits per heavy atom. The monoisotopic (exact) mass is 345 g/mol. The minimum Gasteiger partial charge on any atom is -0.448 e. The number of esters is 1. The molecule has 24 heavy (non-hydrogen) atoms. The van der Waals surface area contributed by atoms with Gasteiger partial charge in [0.15, 0.2) is 17.0 Å². The van der Waals surface area contributed by atoms with Crippen molar-refractivity contribution in [1.29, 1.82) is 0 Å². The Hall–Kier alpha value is -2.28. The van der Waals surface area contributed by atoms with Gasteiger partial charge in [-0.05, 0) is 38.2 Å². The molecule has 1 atom stereocenters. The van der Waals surface area contributed by atoms with Crippen LogP contribution < -0.4 is 5.32 Å². The van der Waals surface area contributed by atoms with Gasteiger partial charge in [-0.1, -0.05) is 30.0 Å². The predicted molar refractivity (Wildman–Crippen MR) is 91.4 cm³/mol. The van der Waals surface area contributed by atoms with E-state index < -0.39 is 12.1 Å². The number of thioether (sulfide) groups is 1. The zero-order valence-electron chi connectivity index (χ0n) is 13.6. The molecule has 1 aliphatic rings. The second kappa shape index (κ2) is 7.09. The van der Waals surface area contributed by atoms with Gasteiger partial charge in [0.2, 0.25) is 0 Å². The Kier molecular flexibility index (Phi) is 4.89. The van der Waals surface area contributed by atoms with Crippen LogP contribution in [0.5, 0.6) is 0 Å². The summed E-state index contributed by atoms with van der Waals surface area (Å²) in [5.74, 6) is -0.827. The van der Waals surface area contributed by atoms with Crippen LogP contribution >= 0.6 is 11.8 Å². The Balaban J connectivity index is 1.79. The standard InChI is InChI=1S/C17H19N3O3S/c1-11(15(21)19-12-8-9-12)23-16(22)14-10-18-17(24-2)20(14)13-6-4-3-5-7-13/h3-7,10-12H,8-9H2,1-2H3,(H,19,21)/t11-/m1/s1. The molecule has 0 aliphatic heterocycles. The van der Waals surface area contributed by atoms with E-state index >= 15 is 0 Å². The number of amides is 1. The Morgan fingerprint density at radius 2 is 2.04 bits per heavy atom. The molecule has 1 fully saturated rings. The first-order valence-electron chi connectivity index (χ1n) is 7.78. The average Bonchev–Trinajstić information content (AvgIpc) is 3.29. The van der Waals surface area contributed by atoms with Crippen molar-refractivity contribution in [3.8, 4) is 5.69 Å². The molecular formula is C17H19N3O3S. The van der Waals surface area contributed by atoms with Crippen molar-refractivity contribution in [2.24, 2.45) is 0 Å². The van der Waals surface area contributed by atoms with Crippen LogP contribution in [0.1, 0.15) is 30.3 Å². The topological polar surface area (TPSA) is 73.2 Å². The second-order valence-corrected chi connectivity index (χ2v) is 6.40. The lowest BCUT2D eigenvalue weighted by atomic mass is 10.3. The quantitative estimate of drug-likeness (QED) is 0.643. The van der Waals surface area contributed by atoms with Crippen LogP contribution in [0.2, 0.25) is 0 Å². The molecule has 6 nitrogen and oxygen atoms in total. The number of ether oxygens (including phenoxy) is 1. The van der Waals surface area contributed by atoms with E-state index in [4.69, 9.17) is 4.74 Å². The maximum Gasteiger partial charge on any atom is 0.357 e. The molecule has 1 heterocycles. The van der Waals surface area contributed by atoms with E-state index in [9.17, 15) is 9.59 Å². The highest BCUT2D eigenvalue weighted by Crippen LogP contribution is 2.23. The van der Waals surface area contributed by atoms with Crippen molar-refractivity contribution in [1.82, 2.24) is 14.9 Å². The summed E-state index contributed by atoms with van der Waals surface area (Å²) in [5.41, 5.74) is 1.12. The number of nitrogens with zero attached hydrogens (tertiary/aromatic N) is 2. The zero-order chi connectivity index (χ0) is 17.1. The lowest BCUT2D eigenvalue weighted by Crippen LogP contribution is -2.37. The summed E-state index contributed by atoms with van der Waals surface area (Å²) in [7, 11) is 0. The molecule has 0 unspecified atom stereocenters. The van der Waals surface area contributed by atoms with E-state index in [0.29, 0.717) is 10.9 Å². The highest BCUT2D eigenvalue weighted by Gasteiger charge is 2.28. The van der Waals surface area contributed by atoms with Gasteiger partial charge in [-0.3, -0.25) is 9.36 Å². The highest BCUT2D eigenvalue weighted by atomic mass is 32.2. The van der Waals surface area contributed by atoms with Crippen molar-refractivity contribution in [2.45, 2.75) is 37.1 Å². The molecule has 1 amide bonds. The summed E-state index contributed by atoms with van der Waals surface area (Å²) < 4.78 is 7.06. The van der Waals surface area contributed by atoms with Gasteiger partial charge in [0.1, 0.15) is 0 Å². The van der Waals surface area contributed by atoms with Crippen LogP contribution in [-0.2, 0) is 9.53 Å². The summed E-state index contributed by atoms with van der Waals surface area (Å²) in [5, 5.41) is 3.51. The summed E-state index contributed by atoms with van der Waals surface area (Å²) in [6, 6.07) is 9.70. The summed E-state index contributed by atoms with van der Waals surface area (Å²) in [6.07, 6.45) is 4.51. The van der Waals surface area contributed by atoms with Gasteiger partial charge in [0, 0.05) is 11.7 Å².